The van der Waals surface area contributed by atoms with Crippen molar-refractivity contribution in [2.45, 2.75) is 39.2 Å². The second kappa shape index (κ2) is 7.88. The number of rotatable bonds is 8. The molecular formula is C15H23NO2. The predicted octanol–water partition coefficient (Wildman–Crippen LogP) is 2.94. The first kappa shape index (κ1) is 14.7. The maximum absolute atomic E-state index is 10.8. The van der Waals surface area contributed by atoms with E-state index in [1.165, 1.54) is 19.3 Å². The lowest BCUT2D eigenvalue weighted by Gasteiger charge is -2.18. The fourth-order valence-corrected chi connectivity index (χ4v) is 2.05. The summed E-state index contributed by atoms with van der Waals surface area (Å²) in [5.74, 6) is -0.768. The highest BCUT2D eigenvalue weighted by Crippen LogP contribution is 2.12. The van der Waals surface area contributed by atoms with Gasteiger partial charge in [0, 0.05) is 6.54 Å². The Labute approximate surface area is 109 Å². The second-order valence-corrected chi connectivity index (χ2v) is 4.78. The number of hydrogen-bond acceptors (Lipinski definition) is 2. The number of carboxylic acid groups (broad SMARTS) is 1. The molecule has 0 aliphatic heterocycles. The molecule has 0 unspecified atom stereocenters. The van der Waals surface area contributed by atoms with Crippen molar-refractivity contribution in [2.24, 2.45) is 0 Å². The molecule has 0 saturated carbocycles. The highest BCUT2D eigenvalue weighted by atomic mass is 16.4. The van der Waals surface area contributed by atoms with Crippen molar-refractivity contribution in [3.8, 4) is 0 Å². The van der Waals surface area contributed by atoms with Crippen LogP contribution in [0.4, 0.5) is 0 Å². The lowest BCUT2D eigenvalue weighted by atomic mass is 10.0. The minimum Gasteiger partial charge on any atom is -0.481 e. The van der Waals surface area contributed by atoms with Crippen LogP contribution in [-0.4, -0.2) is 29.6 Å². The van der Waals surface area contributed by atoms with Crippen LogP contribution >= 0.6 is 0 Å². The summed E-state index contributed by atoms with van der Waals surface area (Å²) in [6.45, 7) is 4.09. The zero-order valence-corrected chi connectivity index (χ0v) is 11.4. The second-order valence-electron chi connectivity index (χ2n) is 4.78. The maximum Gasteiger partial charge on any atom is 0.307 e. The van der Waals surface area contributed by atoms with Gasteiger partial charge in [-0.3, -0.25) is 4.79 Å². The van der Waals surface area contributed by atoms with Crippen LogP contribution in [-0.2, 0) is 17.8 Å². The van der Waals surface area contributed by atoms with Crippen LogP contribution in [0.15, 0.2) is 24.3 Å². The largest absolute Gasteiger partial charge is 0.481 e. The summed E-state index contributed by atoms with van der Waals surface area (Å²) in [5, 5.41) is 8.89. The van der Waals surface area contributed by atoms with Crippen LogP contribution in [0.1, 0.15) is 37.3 Å². The van der Waals surface area contributed by atoms with Crippen molar-refractivity contribution in [1.29, 1.82) is 0 Å². The average molecular weight is 249 g/mol. The fourth-order valence-electron chi connectivity index (χ4n) is 2.05. The Balaban J connectivity index is 2.57. The Morgan fingerprint density at radius 1 is 1.22 bits per heavy atom. The quantitative estimate of drug-likeness (QED) is 0.720. The van der Waals surface area contributed by atoms with Gasteiger partial charge in [0.05, 0.1) is 6.42 Å². The number of carbonyl (C=O) groups is 1. The van der Waals surface area contributed by atoms with E-state index in [-0.39, 0.29) is 6.42 Å². The Kier molecular flexibility index (Phi) is 6.44. The molecule has 0 aliphatic rings. The molecule has 0 saturated heterocycles. The average Bonchev–Trinajstić information content (AvgIpc) is 2.31. The minimum atomic E-state index is -0.768. The van der Waals surface area contributed by atoms with Gasteiger partial charge in [0.15, 0.2) is 0 Å². The molecule has 0 heterocycles. The zero-order valence-electron chi connectivity index (χ0n) is 11.4. The summed E-state index contributed by atoms with van der Waals surface area (Å²) < 4.78 is 0. The molecule has 0 aliphatic carbocycles. The third kappa shape index (κ3) is 5.32. The summed E-state index contributed by atoms with van der Waals surface area (Å²) in [6.07, 6.45) is 3.79. The Bertz CT molecular complexity index is 377. The summed E-state index contributed by atoms with van der Waals surface area (Å²) in [4.78, 5) is 13.1. The molecule has 1 aromatic carbocycles. The Hall–Kier alpha value is -1.35. The van der Waals surface area contributed by atoms with Crippen LogP contribution in [0.3, 0.4) is 0 Å². The van der Waals surface area contributed by atoms with Crippen molar-refractivity contribution >= 4 is 5.97 Å². The topological polar surface area (TPSA) is 40.5 Å². The fraction of sp³-hybridized carbons (Fsp3) is 0.533. The molecule has 0 radical (unpaired) electrons. The number of carboxylic acids is 1. The highest BCUT2D eigenvalue weighted by molar-refractivity contribution is 5.70. The van der Waals surface area contributed by atoms with E-state index < -0.39 is 5.97 Å². The van der Waals surface area contributed by atoms with E-state index in [0.717, 1.165) is 24.2 Å². The third-order valence-electron chi connectivity index (χ3n) is 3.04. The molecule has 0 fully saturated rings. The first-order valence-corrected chi connectivity index (χ1v) is 6.60. The highest BCUT2D eigenvalue weighted by Gasteiger charge is 2.08. The van der Waals surface area contributed by atoms with Crippen LogP contribution in [0.5, 0.6) is 0 Å². The van der Waals surface area contributed by atoms with Gasteiger partial charge in [0.1, 0.15) is 0 Å². The van der Waals surface area contributed by atoms with E-state index >= 15 is 0 Å². The first-order valence-electron chi connectivity index (χ1n) is 6.60. The molecule has 1 N–H and O–H groups in total. The molecule has 0 spiro atoms. The summed E-state index contributed by atoms with van der Waals surface area (Å²) in [5.41, 5.74) is 2.05. The molecule has 100 valence electrons. The molecule has 0 amide bonds. The zero-order chi connectivity index (χ0) is 13.4. The van der Waals surface area contributed by atoms with E-state index in [0.29, 0.717) is 0 Å². The van der Waals surface area contributed by atoms with Crippen molar-refractivity contribution in [3.63, 3.8) is 0 Å². The lowest BCUT2D eigenvalue weighted by molar-refractivity contribution is -0.136. The molecule has 0 bridgehead atoms. The number of aliphatic carboxylic acids is 1. The van der Waals surface area contributed by atoms with Gasteiger partial charge in [-0.05, 0) is 31.1 Å². The van der Waals surface area contributed by atoms with Gasteiger partial charge in [0.2, 0.25) is 0 Å². The van der Waals surface area contributed by atoms with Gasteiger partial charge in [-0.1, -0.05) is 44.0 Å². The van der Waals surface area contributed by atoms with Crippen LogP contribution in [0.2, 0.25) is 0 Å². The predicted molar refractivity (Wildman–Crippen MR) is 73.6 cm³/mol. The smallest absolute Gasteiger partial charge is 0.307 e. The first-order chi connectivity index (χ1) is 8.63. The van der Waals surface area contributed by atoms with Crippen molar-refractivity contribution < 1.29 is 9.90 Å². The molecule has 1 aromatic rings. The minimum absolute atomic E-state index is 0.110. The van der Waals surface area contributed by atoms with E-state index in [9.17, 15) is 4.79 Å². The van der Waals surface area contributed by atoms with E-state index in [2.05, 4.69) is 18.9 Å². The van der Waals surface area contributed by atoms with E-state index in [1.54, 1.807) is 0 Å². The van der Waals surface area contributed by atoms with Gasteiger partial charge >= 0.3 is 5.97 Å². The molecular weight excluding hydrogens is 226 g/mol. The Morgan fingerprint density at radius 3 is 2.50 bits per heavy atom. The molecule has 3 heteroatoms. The van der Waals surface area contributed by atoms with E-state index in [4.69, 9.17) is 5.11 Å². The monoisotopic (exact) mass is 249 g/mol. The normalized spacial score (nSPS) is 10.8. The maximum atomic E-state index is 10.8. The lowest BCUT2D eigenvalue weighted by Crippen LogP contribution is -2.20. The molecule has 0 atom stereocenters. The van der Waals surface area contributed by atoms with Crippen LogP contribution in [0, 0.1) is 0 Å². The van der Waals surface area contributed by atoms with Crippen molar-refractivity contribution in [1.82, 2.24) is 4.90 Å². The van der Waals surface area contributed by atoms with Gasteiger partial charge < -0.3 is 10.0 Å². The van der Waals surface area contributed by atoms with Gasteiger partial charge in [0.25, 0.3) is 0 Å². The van der Waals surface area contributed by atoms with Gasteiger partial charge in [-0.2, -0.15) is 0 Å². The van der Waals surface area contributed by atoms with Gasteiger partial charge in [-0.25, -0.2) is 0 Å². The molecule has 1 rings (SSSR count). The van der Waals surface area contributed by atoms with Gasteiger partial charge in [-0.15, -0.1) is 0 Å². The van der Waals surface area contributed by atoms with E-state index in [1.807, 2.05) is 24.3 Å². The summed E-state index contributed by atoms with van der Waals surface area (Å²) in [7, 11) is 2.09. The van der Waals surface area contributed by atoms with Crippen molar-refractivity contribution in [3.05, 3.63) is 35.4 Å². The molecule has 18 heavy (non-hydrogen) atoms. The summed E-state index contributed by atoms with van der Waals surface area (Å²) in [6, 6.07) is 7.80. The number of nitrogens with zero attached hydrogens (tertiary/aromatic N) is 1. The number of unbranched alkanes of at least 4 members (excludes halogenated alkanes) is 2. The SMILES string of the molecule is CCCCCN(C)Cc1ccccc1CC(=O)O. The number of hydrogen-bond donors (Lipinski definition) is 1. The van der Waals surface area contributed by atoms with Crippen LogP contribution in [0.25, 0.3) is 0 Å². The van der Waals surface area contributed by atoms with Crippen LogP contribution < -0.4 is 0 Å². The molecule has 3 nitrogen and oxygen atoms in total. The summed E-state index contributed by atoms with van der Waals surface area (Å²) >= 11 is 0. The third-order valence-corrected chi connectivity index (χ3v) is 3.04. The standard InChI is InChI=1S/C15H23NO2/c1-3-4-7-10-16(2)12-14-9-6-5-8-13(14)11-15(17)18/h5-6,8-9H,3-4,7,10-12H2,1-2H3,(H,17,18). The number of benzene rings is 1. The Morgan fingerprint density at radius 2 is 1.89 bits per heavy atom. The van der Waals surface area contributed by atoms with Crippen molar-refractivity contribution in [2.75, 3.05) is 13.6 Å². The molecule has 0 aromatic heterocycles.